The van der Waals surface area contributed by atoms with E-state index in [9.17, 15) is 0 Å². The van der Waals surface area contributed by atoms with Gasteiger partial charge in [-0.05, 0) is 67.3 Å². The highest BCUT2D eigenvalue weighted by molar-refractivity contribution is 7.99. The Morgan fingerprint density at radius 3 is 2.41 bits per heavy atom. The third kappa shape index (κ3) is 3.89. The van der Waals surface area contributed by atoms with Gasteiger partial charge in [0.05, 0.1) is 0 Å². The molecule has 2 rings (SSSR count). The van der Waals surface area contributed by atoms with Gasteiger partial charge in [-0.2, -0.15) is 11.8 Å². The summed E-state index contributed by atoms with van der Waals surface area (Å²) < 4.78 is 0. The predicted octanol–water partition coefficient (Wildman–Crippen LogP) is 3.92. The lowest BCUT2D eigenvalue weighted by atomic mass is 9.72. The van der Waals surface area contributed by atoms with E-state index >= 15 is 0 Å². The molecule has 0 spiro atoms. The van der Waals surface area contributed by atoms with Crippen LogP contribution in [0.1, 0.15) is 52.4 Å². The van der Waals surface area contributed by atoms with E-state index in [-0.39, 0.29) is 0 Å². The molecule has 1 aliphatic heterocycles. The number of thioether (sulfide) groups is 1. The monoisotopic (exact) mass is 255 g/mol. The van der Waals surface area contributed by atoms with Gasteiger partial charge in [0.25, 0.3) is 0 Å². The zero-order valence-electron chi connectivity index (χ0n) is 11.5. The quantitative estimate of drug-likeness (QED) is 0.827. The van der Waals surface area contributed by atoms with Gasteiger partial charge in [0.1, 0.15) is 0 Å². The summed E-state index contributed by atoms with van der Waals surface area (Å²) in [5.41, 5.74) is 6.48. The van der Waals surface area contributed by atoms with E-state index in [0.29, 0.717) is 6.04 Å². The largest absolute Gasteiger partial charge is 0.327 e. The van der Waals surface area contributed by atoms with Crippen molar-refractivity contribution in [1.82, 2.24) is 0 Å². The first-order valence-corrected chi connectivity index (χ1v) is 8.65. The first-order valence-electron chi connectivity index (χ1n) is 7.50. The molecule has 1 nitrogen and oxygen atoms in total. The van der Waals surface area contributed by atoms with Crippen molar-refractivity contribution in [3.63, 3.8) is 0 Å². The van der Waals surface area contributed by atoms with Gasteiger partial charge in [0.15, 0.2) is 0 Å². The SMILES string of the molecule is CC1CCC(C(N)CC2CCSCC2)CC1C. The average Bonchev–Trinajstić information content (AvgIpc) is 2.34. The molecule has 2 N–H and O–H groups in total. The maximum absolute atomic E-state index is 6.48. The third-order valence-electron chi connectivity index (χ3n) is 5.19. The number of rotatable bonds is 3. The Morgan fingerprint density at radius 2 is 1.76 bits per heavy atom. The summed E-state index contributed by atoms with van der Waals surface area (Å²) in [4.78, 5) is 0. The fraction of sp³-hybridized carbons (Fsp3) is 1.00. The molecule has 2 aliphatic rings. The van der Waals surface area contributed by atoms with Crippen LogP contribution in [0.5, 0.6) is 0 Å². The van der Waals surface area contributed by atoms with Crippen molar-refractivity contribution in [2.45, 2.75) is 58.4 Å². The van der Waals surface area contributed by atoms with Crippen LogP contribution < -0.4 is 5.73 Å². The minimum atomic E-state index is 0.484. The highest BCUT2D eigenvalue weighted by Crippen LogP contribution is 2.37. The van der Waals surface area contributed by atoms with Crippen LogP contribution in [0.4, 0.5) is 0 Å². The van der Waals surface area contributed by atoms with E-state index < -0.39 is 0 Å². The molecule has 0 amide bonds. The summed E-state index contributed by atoms with van der Waals surface area (Å²) in [5.74, 6) is 6.30. The molecule has 0 bridgehead atoms. The van der Waals surface area contributed by atoms with Gasteiger partial charge < -0.3 is 5.73 Å². The molecule has 1 aliphatic carbocycles. The summed E-state index contributed by atoms with van der Waals surface area (Å²) in [5, 5.41) is 0. The Balaban J connectivity index is 1.77. The zero-order chi connectivity index (χ0) is 12.3. The Morgan fingerprint density at radius 1 is 1.06 bits per heavy atom. The van der Waals surface area contributed by atoms with E-state index in [1.54, 1.807) is 0 Å². The second kappa shape index (κ2) is 6.47. The smallest absolute Gasteiger partial charge is 0.00699 e. The molecular weight excluding hydrogens is 226 g/mol. The van der Waals surface area contributed by atoms with Crippen molar-refractivity contribution in [1.29, 1.82) is 0 Å². The third-order valence-corrected chi connectivity index (χ3v) is 6.24. The van der Waals surface area contributed by atoms with Crippen LogP contribution in [-0.2, 0) is 0 Å². The molecular formula is C15H29NS. The van der Waals surface area contributed by atoms with E-state index in [1.807, 2.05) is 0 Å². The van der Waals surface area contributed by atoms with Crippen LogP contribution in [0, 0.1) is 23.7 Å². The van der Waals surface area contributed by atoms with Crippen molar-refractivity contribution >= 4 is 11.8 Å². The molecule has 0 aromatic carbocycles. The molecule has 0 aromatic rings. The first kappa shape index (κ1) is 13.7. The van der Waals surface area contributed by atoms with Gasteiger partial charge in [0, 0.05) is 6.04 Å². The number of hydrogen-bond acceptors (Lipinski definition) is 2. The van der Waals surface area contributed by atoms with Crippen molar-refractivity contribution < 1.29 is 0 Å². The maximum atomic E-state index is 6.48. The summed E-state index contributed by atoms with van der Waals surface area (Å²) in [7, 11) is 0. The normalized spacial score (nSPS) is 37.9. The van der Waals surface area contributed by atoms with Gasteiger partial charge in [0.2, 0.25) is 0 Å². The Hall–Kier alpha value is 0.310. The summed E-state index contributed by atoms with van der Waals surface area (Å²) in [6, 6.07) is 0.484. The highest BCUT2D eigenvalue weighted by Gasteiger charge is 2.29. The number of hydrogen-bond donors (Lipinski definition) is 1. The van der Waals surface area contributed by atoms with Crippen molar-refractivity contribution in [3.05, 3.63) is 0 Å². The average molecular weight is 255 g/mol. The van der Waals surface area contributed by atoms with Crippen LogP contribution in [0.3, 0.4) is 0 Å². The molecule has 17 heavy (non-hydrogen) atoms. The maximum Gasteiger partial charge on any atom is 0.00699 e. The minimum Gasteiger partial charge on any atom is -0.327 e. The number of nitrogens with two attached hydrogens (primary N) is 1. The summed E-state index contributed by atoms with van der Waals surface area (Å²) >= 11 is 2.12. The zero-order valence-corrected chi connectivity index (χ0v) is 12.3. The van der Waals surface area contributed by atoms with Crippen LogP contribution in [0.15, 0.2) is 0 Å². The van der Waals surface area contributed by atoms with Crippen LogP contribution in [-0.4, -0.2) is 17.5 Å². The first-order chi connectivity index (χ1) is 8.16. The predicted molar refractivity (Wildman–Crippen MR) is 78.3 cm³/mol. The van der Waals surface area contributed by atoms with E-state index in [0.717, 1.165) is 23.7 Å². The molecule has 1 saturated heterocycles. The molecule has 2 fully saturated rings. The summed E-state index contributed by atoms with van der Waals surface area (Å²) in [6.07, 6.45) is 8.29. The van der Waals surface area contributed by atoms with Crippen molar-refractivity contribution in [2.24, 2.45) is 29.4 Å². The molecule has 0 radical (unpaired) electrons. The van der Waals surface area contributed by atoms with Gasteiger partial charge >= 0.3 is 0 Å². The van der Waals surface area contributed by atoms with E-state index in [4.69, 9.17) is 5.73 Å². The fourth-order valence-electron chi connectivity index (χ4n) is 3.54. The molecule has 100 valence electrons. The second-order valence-electron chi connectivity index (χ2n) is 6.48. The molecule has 1 saturated carbocycles. The van der Waals surface area contributed by atoms with Crippen LogP contribution in [0.25, 0.3) is 0 Å². The van der Waals surface area contributed by atoms with Gasteiger partial charge in [-0.15, -0.1) is 0 Å². The Bertz CT molecular complexity index is 225. The van der Waals surface area contributed by atoms with Crippen LogP contribution in [0.2, 0.25) is 0 Å². The second-order valence-corrected chi connectivity index (χ2v) is 7.71. The molecule has 2 heteroatoms. The van der Waals surface area contributed by atoms with Crippen molar-refractivity contribution in [3.8, 4) is 0 Å². The lowest BCUT2D eigenvalue weighted by molar-refractivity contribution is 0.172. The Kier molecular flexibility index (Phi) is 5.23. The van der Waals surface area contributed by atoms with Gasteiger partial charge in [-0.3, -0.25) is 0 Å². The Labute approximate surface area is 111 Å². The van der Waals surface area contributed by atoms with E-state index in [2.05, 4.69) is 25.6 Å². The molecule has 4 atom stereocenters. The molecule has 4 unspecified atom stereocenters. The lowest BCUT2D eigenvalue weighted by Crippen LogP contribution is -2.37. The topological polar surface area (TPSA) is 26.0 Å². The minimum absolute atomic E-state index is 0.484. The summed E-state index contributed by atoms with van der Waals surface area (Å²) in [6.45, 7) is 4.82. The van der Waals surface area contributed by atoms with Crippen LogP contribution >= 0.6 is 11.8 Å². The van der Waals surface area contributed by atoms with Gasteiger partial charge in [-0.25, -0.2) is 0 Å². The fourth-order valence-corrected chi connectivity index (χ4v) is 4.74. The van der Waals surface area contributed by atoms with E-state index in [1.165, 1.54) is 50.0 Å². The van der Waals surface area contributed by atoms with Crippen molar-refractivity contribution in [2.75, 3.05) is 11.5 Å². The highest BCUT2D eigenvalue weighted by atomic mass is 32.2. The van der Waals surface area contributed by atoms with Gasteiger partial charge in [-0.1, -0.05) is 20.3 Å². The standard InChI is InChI=1S/C15H29NS/c1-11-3-4-14(9-12(11)2)15(16)10-13-5-7-17-8-6-13/h11-15H,3-10,16H2,1-2H3. The lowest BCUT2D eigenvalue weighted by Gasteiger charge is -2.37. The molecule has 0 aromatic heterocycles. The molecule has 1 heterocycles.